The quantitative estimate of drug-likeness (QED) is 0.587. The molecule has 0 aromatic carbocycles. The Bertz CT molecular complexity index is 166. The molecular formula is C6H14BrO4P. The van der Waals surface area contributed by atoms with Crippen LogP contribution in [0.1, 0.15) is 26.7 Å². The molecule has 0 aromatic rings. The molecular weight excluding hydrogens is 247 g/mol. The Morgan fingerprint density at radius 1 is 1.42 bits per heavy atom. The van der Waals surface area contributed by atoms with E-state index >= 15 is 0 Å². The van der Waals surface area contributed by atoms with E-state index in [1.165, 1.54) is 0 Å². The Morgan fingerprint density at radius 3 is 1.92 bits per heavy atom. The van der Waals surface area contributed by atoms with Crippen molar-refractivity contribution in [1.29, 1.82) is 0 Å². The summed E-state index contributed by atoms with van der Waals surface area (Å²) in [7, 11) is -4.37. The summed E-state index contributed by atoms with van der Waals surface area (Å²) < 4.78 is 15.3. The van der Waals surface area contributed by atoms with E-state index in [1.54, 1.807) is 0 Å². The molecule has 0 spiro atoms. The Morgan fingerprint density at radius 2 is 1.83 bits per heavy atom. The molecule has 12 heavy (non-hydrogen) atoms. The second-order valence-electron chi connectivity index (χ2n) is 2.61. The number of phosphoric ester groups is 1. The molecule has 0 aromatic heterocycles. The molecule has 74 valence electrons. The van der Waals surface area contributed by atoms with Crippen LogP contribution in [0.15, 0.2) is 0 Å². The van der Waals surface area contributed by atoms with Crippen molar-refractivity contribution in [3.8, 4) is 0 Å². The smallest absolute Gasteiger partial charge is 0.303 e. The fourth-order valence-corrected chi connectivity index (χ4v) is 2.76. The summed E-state index contributed by atoms with van der Waals surface area (Å²) in [6, 6.07) is 0. The molecule has 0 radical (unpaired) electrons. The molecule has 0 amide bonds. The lowest BCUT2D eigenvalue weighted by Crippen LogP contribution is -2.31. The predicted molar refractivity (Wildman–Crippen MR) is 50.2 cm³/mol. The lowest BCUT2D eigenvalue weighted by molar-refractivity contribution is 0.0479. The van der Waals surface area contributed by atoms with Gasteiger partial charge in [-0.15, -0.1) is 0 Å². The summed E-state index contributed by atoms with van der Waals surface area (Å²) in [5.74, 6) is 0. The van der Waals surface area contributed by atoms with Gasteiger partial charge in [0.25, 0.3) is 0 Å². The van der Waals surface area contributed by atoms with Crippen LogP contribution in [0.25, 0.3) is 0 Å². The molecule has 4 nitrogen and oxygen atoms in total. The number of alkyl halides is 1. The summed E-state index contributed by atoms with van der Waals surface area (Å²) in [6.07, 6.45) is 1.14. The molecule has 0 heterocycles. The van der Waals surface area contributed by atoms with Crippen molar-refractivity contribution in [3.05, 3.63) is 0 Å². The summed E-state index contributed by atoms with van der Waals surface area (Å²) in [6.45, 7) is 3.67. The highest BCUT2D eigenvalue weighted by molar-refractivity contribution is 9.09. The third-order valence-electron chi connectivity index (χ3n) is 1.84. The van der Waals surface area contributed by atoms with Crippen molar-refractivity contribution >= 4 is 23.8 Å². The summed E-state index contributed by atoms with van der Waals surface area (Å²) in [4.78, 5) is 17.2. The standard InChI is InChI=1S/C6H14BrO4P/c1-3-6(4-2,5-7)11-12(8,9)10/h3-5H2,1-2H3,(H2,8,9,10). The van der Waals surface area contributed by atoms with E-state index in [9.17, 15) is 4.57 Å². The van der Waals surface area contributed by atoms with E-state index in [2.05, 4.69) is 15.9 Å². The highest BCUT2D eigenvalue weighted by Gasteiger charge is 2.33. The maximum Gasteiger partial charge on any atom is 0.470 e. The first-order chi connectivity index (χ1) is 5.39. The minimum Gasteiger partial charge on any atom is -0.303 e. The van der Waals surface area contributed by atoms with E-state index in [0.29, 0.717) is 18.2 Å². The number of hydrogen-bond donors (Lipinski definition) is 2. The van der Waals surface area contributed by atoms with Crippen LogP contribution in [0.2, 0.25) is 0 Å². The second kappa shape index (κ2) is 4.72. The minimum absolute atomic E-state index is 0.429. The van der Waals surface area contributed by atoms with E-state index < -0.39 is 13.4 Å². The van der Waals surface area contributed by atoms with Crippen LogP contribution in [0.3, 0.4) is 0 Å². The number of rotatable bonds is 5. The largest absolute Gasteiger partial charge is 0.470 e. The highest BCUT2D eigenvalue weighted by atomic mass is 79.9. The van der Waals surface area contributed by atoms with Gasteiger partial charge in [-0.25, -0.2) is 4.57 Å². The van der Waals surface area contributed by atoms with Crippen molar-refractivity contribution in [3.63, 3.8) is 0 Å². The fourth-order valence-electron chi connectivity index (χ4n) is 0.845. The molecule has 6 heteroatoms. The zero-order valence-corrected chi connectivity index (χ0v) is 9.64. The minimum atomic E-state index is -4.37. The van der Waals surface area contributed by atoms with E-state index in [1.807, 2.05) is 13.8 Å². The van der Waals surface area contributed by atoms with Gasteiger partial charge in [0.15, 0.2) is 0 Å². The molecule has 0 fully saturated rings. The first kappa shape index (κ1) is 12.6. The van der Waals surface area contributed by atoms with Crippen LogP contribution >= 0.6 is 23.8 Å². The lowest BCUT2D eigenvalue weighted by Gasteiger charge is -2.29. The van der Waals surface area contributed by atoms with Crippen LogP contribution in [0, 0.1) is 0 Å². The molecule has 0 bridgehead atoms. The highest BCUT2D eigenvalue weighted by Crippen LogP contribution is 2.44. The second-order valence-corrected chi connectivity index (χ2v) is 4.33. The molecule has 0 atom stereocenters. The first-order valence-corrected chi connectivity index (χ1v) is 6.36. The fraction of sp³-hybridized carbons (Fsp3) is 1.00. The summed E-state index contributed by atoms with van der Waals surface area (Å²) >= 11 is 3.18. The van der Waals surface area contributed by atoms with Gasteiger partial charge < -0.3 is 9.79 Å². The molecule has 0 rings (SSSR count). The van der Waals surface area contributed by atoms with Gasteiger partial charge in [-0.2, -0.15) is 0 Å². The Kier molecular flexibility index (Phi) is 4.95. The maximum atomic E-state index is 10.6. The molecule has 0 aliphatic heterocycles. The number of phosphoric acid groups is 1. The van der Waals surface area contributed by atoms with E-state index in [4.69, 9.17) is 14.3 Å². The van der Waals surface area contributed by atoms with Gasteiger partial charge >= 0.3 is 7.82 Å². The van der Waals surface area contributed by atoms with Crippen LogP contribution in [-0.4, -0.2) is 20.7 Å². The van der Waals surface area contributed by atoms with Crippen molar-refractivity contribution in [2.45, 2.75) is 32.3 Å². The van der Waals surface area contributed by atoms with Gasteiger partial charge in [0, 0.05) is 5.33 Å². The van der Waals surface area contributed by atoms with Crippen LogP contribution in [0.4, 0.5) is 0 Å². The number of hydrogen-bond acceptors (Lipinski definition) is 2. The van der Waals surface area contributed by atoms with Crippen molar-refractivity contribution in [2.24, 2.45) is 0 Å². The van der Waals surface area contributed by atoms with Crippen molar-refractivity contribution in [2.75, 3.05) is 5.33 Å². The van der Waals surface area contributed by atoms with Crippen molar-refractivity contribution < 1.29 is 18.9 Å². The SMILES string of the molecule is CCC(CC)(CBr)OP(=O)(O)O. The molecule has 0 aliphatic rings. The molecule has 0 saturated heterocycles. The van der Waals surface area contributed by atoms with Gasteiger partial charge in [-0.3, -0.25) is 4.52 Å². The first-order valence-electron chi connectivity index (χ1n) is 3.71. The Labute approximate surface area is 80.7 Å². The Balaban J connectivity index is 4.41. The average molecular weight is 261 g/mol. The summed E-state index contributed by atoms with van der Waals surface area (Å²) in [5.41, 5.74) is -0.737. The van der Waals surface area contributed by atoms with Gasteiger partial charge in [-0.05, 0) is 12.8 Å². The van der Waals surface area contributed by atoms with Gasteiger partial charge in [0.2, 0.25) is 0 Å². The summed E-state index contributed by atoms with van der Waals surface area (Å²) in [5, 5.41) is 0.429. The number of halogens is 1. The zero-order chi connectivity index (χ0) is 9.83. The van der Waals surface area contributed by atoms with Crippen LogP contribution in [-0.2, 0) is 9.09 Å². The van der Waals surface area contributed by atoms with Crippen molar-refractivity contribution in [1.82, 2.24) is 0 Å². The predicted octanol–water partition coefficient (Wildman–Crippen LogP) is 2.05. The molecule has 0 saturated carbocycles. The van der Waals surface area contributed by atoms with Crippen LogP contribution < -0.4 is 0 Å². The normalized spacial score (nSPS) is 13.4. The zero-order valence-electron chi connectivity index (χ0n) is 7.16. The Hall–Kier alpha value is 0.590. The molecule has 0 aliphatic carbocycles. The van der Waals surface area contributed by atoms with Gasteiger partial charge in [0.05, 0.1) is 5.60 Å². The van der Waals surface area contributed by atoms with Gasteiger partial charge in [-0.1, -0.05) is 29.8 Å². The molecule has 0 unspecified atom stereocenters. The topological polar surface area (TPSA) is 66.8 Å². The third-order valence-corrected chi connectivity index (χ3v) is 3.49. The van der Waals surface area contributed by atoms with E-state index in [0.717, 1.165) is 0 Å². The average Bonchev–Trinajstić information content (AvgIpc) is 1.99. The van der Waals surface area contributed by atoms with E-state index in [-0.39, 0.29) is 0 Å². The van der Waals surface area contributed by atoms with Crippen LogP contribution in [0.5, 0.6) is 0 Å². The maximum absolute atomic E-state index is 10.6. The monoisotopic (exact) mass is 260 g/mol. The van der Waals surface area contributed by atoms with Gasteiger partial charge in [0.1, 0.15) is 0 Å². The molecule has 2 N–H and O–H groups in total. The third kappa shape index (κ3) is 4.01. The lowest BCUT2D eigenvalue weighted by atomic mass is 10.0.